The molecule has 5 heterocycles. The van der Waals surface area contributed by atoms with Crippen LogP contribution >= 0.6 is 0 Å². The van der Waals surface area contributed by atoms with Gasteiger partial charge in [0.1, 0.15) is 0 Å². The minimum Gasteiger partial charge on any atom is -0.381 e. The number of carbonyl (C=O) groups is 1. The van der Waals surface area contributed by atoms with Crippen molar-refractivity contribution in [3.8, 4) is 11.3 Å². The number of piperidine rings is 1. The first-order valence-electron chi connectivity index (χ1n) is 10.2. The summed E-state index contributed by atoms with van der Waals surface area (Å²) in [6.07, 6.45) is 4.44. The van der Waals surface area contributed by atoms with Gasteiger partial charge in [0.05, 0.1) is 5.69 Å². The van der Waals surface area contributed by atoms with E-state index >= 15 is 0 Å². The van der Waals surface area contributed by atoms with Crippen molar-refractivity contribution >= 4 is 5.91 Å². The fraction of sp³-hybridized carbons (Fsp3) is 0.500. The summed E-state index contributed by atoms with van der Waals surface area (Å²) < 4.78 is 7.33. The van der Waals surface area contributed by atoms with E-state index in [4.69, 9.17) is 4.74 Å². The maximum Gasteiger partial charge on any atom is 0.251 e. The number of carbonyl (C=O) groups excluding carboxylic acids is 1. The van der Waals surface area contributed by atoms with Crippen LogP contribution in [-0.4, -0.2) is 46.7 Å². The molecular weight excluding hydrogens is 354 g/mol. The summed E-state index contributed by atoms with van der Waals surface area (Å²) in [5.74, 6) is 0.936. The van der Waals surface area contributed by atoms with Crippen molar-refractivity contribution in [1.82, 2.24) is 14.5 Å². The van der Waals surface area contributed by atoms with Gasteiger partial charge < -0.3 is 14.2 Å². The Balaban J connectivity index is 1.44. The van der Waals surface area contributed by atoms with E-state index in [1.54, 1.807) is 12.3 Å². The van der Waals surface area contributed by atoms with Crippen LogP contribution in [0.5, 0.6) is 0 Å². The molecule has 0 spiro atoms. The maximum atomic E-state index is 13.0. The molecule has 3 aliphatic rings. The lowest BCUT2D eigenvalue weighted by molar-refractivity contribution is -0.141. The lowest BCUT2D eigenvalue weighted by Gasteiger charge is -2.44. The SMILES string of the molecule is O=C(C1CCOCC1)N1C[C@@H]2C[C@H](C1)c1cc(-c3ccccn3)cc(=O)n1C2. The second-order valence-electron chi connectivity index (χ2n) is 8.26. The zero-order valence-corrected chi connectivity index (χ0v) is 15.9. The second-order valence-corrected chi connectivity index (χ2v) is 8.26. The van der Waals surface area contributed by atoms with E-state index in [-0.39, 0.29) is 23.3 Å². The highest BCUT2D eigenvalue weighted by molar-refractivity contribution is 5.79. The van der Waals surface area contributed by atoms with Crippen LogP contribution in [-0.2, 0) is 16.1 Å². The highest BCUT2D eigenvalue weighted by atomic mass is 16.5. The third kappa shape index (κ3) is 3.15. The highest BCUT2D eigenvalue weighted by Crippen LogP contribution is 2.37. The zero-order valence-electron chi connectivity index (χ0n) is 15.9. The predicted octanol–water partition coefficient (Wildman–Crippen LogP) is 2.28. The summed E-state index contributed by atoms with van der Waals surface area (Å²) >= 11 is 0. The van der Waals surface area contributed by atoms with Crippen LogP contribution in [0, 0.1) is 11.8 Å². The molecule has 3 aliphatic heterocycles. The van der Waals surface area contributed by atoms with Gasteiger partial charge in [0.25, 0.3) is 5.56 Å². The van der Waals surface area contributed by atoms with E-state index in [1.165, 1.54) is 0 Å². The van der Waals surface area contributed by atoms with Crippen LogP contribution in [0.1, 0.15) is 30.9 Å². The molecule has 5 rings (SSSR count). The molecule has 2 aromatic rings. The van der Waals surface area contributed by atoms with Crippen molar-refractivity contribution in [3.63, 3.8) is 0 Å². The van der Waals surface area contributed by atoms with Gasteiger partial charge in [-0.15, -0.1) is 0 Å². The lowest BCUT2D eigenvalue weighted by Crippen LogP contribution is -2.51. The number of hydrogen-bond acceptors (Lipinski definition) is 4. The van der Waals surface area contributed by atoms with Gasteiger partial charge in [0.15, 0.2) is 0 Å². The Hall–Kier alpha value is -2.47. The fourth-order valence-corrected chi connectivity index (χ4v) is 5.02. The summed E-state index contributed by atoms with van der Waals surface area (Å²) in [6, 6.07) is 9.54. The predicted molar refractivity (Wildman–Crippen MR) is 105 cm³/mol. The molecular formula is C22H25N3O3. The fourth-order valence-electron chi connectivity index (χ4n) is 5.02. The molecule has 146 valence electrons. The third-order valence-electron chi connectivity index (χ3n) is 6.40. The second kappa shape index (κ2) is 7.17. The summed E-state index contributed by atoms with van der Waals surface area (Å²) in [6.45, 7) is 3.54. The Morgan fingerprint density at radius 2 is 1.96 bits per heavy atom. The van der Waals surface area contributed by atoms with Crippen molar-refractivity contribution in [3.05, 3.63) is 52.6 Å². The van der Waals surface area contributed by atoms with E-state index in [2.05, 4.69) is 16.0 Å². The molecule has 2 saturated heterocycles. The van der Waals surface area contributed by atoms with E-state index in [9.17, 15) is 9.59 Å². The van der Waals surface area contributed by atoms with E-state index in [1.807, 2.05) is 22.8 Å². The average molecular weight is 379 g/mol. The molecule has 0 aliphatic carbocycles. The van der Waals surface area contributed by atoms with Gasteiger partial charge in [-0.2, -0.15) is 0 Å². The van der Waals surface area contributed by atoms with Crippen LogP contribution in [0.15, 0.2) is 41.3 Å². The molecule has 0 aromatic carbocycles. The maximum absolute atomic E-state index is 13.0. The van der Waals surface area contributed by atoms with Crippen molar-refractivity contribution in [2.45, 2.75) is 31.7 Å². The average Bonchev–Trinajstić information content (AvgIpc) is 2.75. The van der Waals surface area contributed by atoms with E-state index in [0.717, 1.165) is 42.8 Å². The van der Waals surface area contributed by atoms with Crippen LogP contribution in [0.4, 0.5) is 0 Å². The van der Waals surface area contributed by atoms with E-state index in [0.29, 0.717) is 32.2 Å². The summed E-state index contributed by atoms with van der Waals surface area (Å²) in [7, 11) is 0. The van der Waals surface area contributed by atoms with Gasteiger partial charge in [0, 0.05) is 68.2 Å². The molecule has 2 atom stereocenters. The molecule has 2 fully saturated rings. The van der Waals surface area contributed by atoms with Gasteiger partial charge >= 0.3 is 0 Å². The number of nitrogens with zero attached hydrogens (tertiary/aromatic N) is 3. The minimum absolute atomic E-state index is 0.0389. The monoisotopic (exact) mass is 379 g/mol. The highest BCUT2D eigenvalue weighted by Gasteiger charge is 2.38. The topological polar surface area (TPSA) is 64.4 Å². The molecule has 0 saturated carbocycles. The summed E-state index contributed by atoms with van der Waals surface area (Å²) in [5.41, 5.74) is 2.77. The summed E-state index contributed by atoms with van der Waals surface area (Å²) in [5, 5.41) is 0. The van der Waals surface area contributed by atoms with Crippen molar-refractivity contribution in [2.75, 3.05) is 26.3 Å². The molecule has 2 bridgehead atoms. The number of ether oxygens (including phenoxy) is 1. The number of rotatable bonds is 2. The molecule has 6 nitrogen and oxygen atoms in total. The van der Waals surface area contributed by atoms with Crippen LogP contribution in [0.25, 0.3) is 11.3 Å². The van der Waals surface area contributed by atoms with Crippen molar-refractivity contribution in [1.29, 1.82) is 0 Å². The van der Waals surface area contributed by atoms with Crippen LogP contribution in [0.2, 0.25) is 0 Å². The van der Waals surface area contributed by atoms with Gasteiger partial charge in [-0.1, -0.05) is 6.07 Å². The number of pyridine rings is 2. The molecule has 0 unspecified atom stereocenters. The van der Waals surface area contributed by atoms with Gasteiger partial charge in [-0.25, -0.2) is 0 Å². The lowest BCUT2D eigenvalue weighted by atomic mass is 9.82. The van der Waals surface area contributed by atoms with Gasteiger partial charge in [-0.3, -0.25) is 14.6 Å². The first-order valence-corrected chi connectivity index (χ1v) is 10.2. The number of amides is 1. The Morgan fingerprint density at radius 1 is 1.11 bits per heavy atom. The molecule has 28 heavy (non-hydrogen) atoms. The smallest absolute Gasteiger partial charge is 0.251 e. The number of fused-ring (bicyclic) bond motifs is 4. The van der Waals surface area contributed by atoms with Crippen molar-refractivity contribution in [2.24, 2.45) is 11.8 Å². The first-order chi connectivity index (χ1) is 13.7. The Morgan fingerprint density at radius 3 is 2.75 bits per heavy atom. The zero-order chi connectivity index (χ0) is 19.1. The Bertz CT molecular complexity index is 934. The van der Waals surface area contributed by atoms with Gasteiger partial charge in [0.2, 0.25) is 5.91 Å². The van der Waals surface area contributed by atoms with Crippen LogP contribution < -0.4 is 5.56 Å². The van der Waals surface area contributed by atoms with Crippen LogP contribution in [0.3, 0.4) is 0 Å². The Labute approximate surface area is 164 Å². The third-order valence-corrected chi connectivity index (χ3v) is 6.40. The largest absolute Gasteiger partial charge is 0.381 e. The molecule has 1 amide bonds. The normalized spacial score (nSPS) is 24.6. The molecule has 2 aromatic heterocycles. The van der Waals surface area contributed by atoms with Crippen molar-refractivity contribution < 1.29 is 9.53 Å². The molecule has 0 radical (unpaired) electrons. The number of hydrogen-bond donors (Lipinski definition) is 0. The van der Waals surface area contributed by atoms with Gasteiger partial charge in [-0.05, 0) is 43.4 Å². The summed E-state index contributed by atoms with van der Waals surface area (Å²) in [4.78, 5) is 32.3. The Kier molecular flexibility index (Phi) is 4.51. The minimum atomic E-state index is 0.0389. The first kappa shape index (κ1) is 17.6. The quantitative estimate of drug-likeness (QED) is 0.803. The molecule has 6 heteroatoms. The standard InChI is InChI=1S/C22H25N3O3/c26-21-11-17(19-3-1-2-6-23-19)10-20-18-9-15(13-25(20)21)12-24(14-18)22(27)16-4-7-28-8-5-16/h1-3,6,10-11,15-16,18H,4-5,7-9,12-14H2/t15-,18+/m0/s1. The number of likely N-dealkylation sites (tertiary alicyclic amines) is 1. The molecule has 0 N–H and O–H groups in total. The number of aromatic nitrogens is 2. The van der Waals surface area contributed by atoms with E-state index < -0.39 is 0 Å².